The largest absolute Gasteiger partial charge is 0.463 e. The minimum absolute atomic E-state index is 0.0834. The van der Waals surface area contributed by atoms with Crippen LogP contribution in [0.3, 0.4) is 0 Å². The Labute approximate surface area is 700 Å². The van der Waals surface area contributed by atoms with Gasteiger partial charge >= 0.3 is 59.7 Å². The van der Waals surface area contributed by atoms with Crippen LogP contribution in [0.15, 0.2) is 30.3 Å². The average Bonchev–Trinajstić information content (AvgIpc) is 0.796. The van der Waals surface area contributed by atoms with Gasteiger partial charge in [-0.3, -0.25) is 86.3 Å². The fraction of sp³-hybridized carbons (Fsp3) is 0.696. The van der Waals surface area contributed by atoms with Crippen LogP contribution >= 0.6 is 0 Å². The lowest BCUT2D eigenvalue weighted by Gasteiger charge is -2.44. The second kappa shape index (κ2) is 55.4. The molecule has 7 N–H and O–H groups in total. The van der Waals surface area contributed by atoms with Gasteiger partial charge in [-0.1, -0.05) is 36.8 Å². The van der Waals surface area contributed by atoms with Crippen LogP contribution in [0.25, 0.3) is 0 Å². The predicted molar refractivity (Wildman–Crippen MR) is 413 cm³/mol. The lowest BCUT2D eigenvalue weighted by Crippen LogP contribution is -2.66. The molecule has 3 fully saturated rings. The van der Waals surface area contributed by atoms with Crippen molar-refractivity contribution >= 4 is 107 Å². The third kappa shape index (κ3) is 41.0. The van der Waals surface area contributed by atoms with E-state index in [4.69, 9.17) is 75.8 Å². The number of carbonyl (C=O) groups is 18. The zero-order chi connectivity index (χ0) is 89.7. The summed E-state index contributed by atoms with van der Waals surface area (Å²) in [6, 6.07) is 4.05. The Hall–Kier alpha value is -10.6. The highest BCUT2D eigenvalue weighted by atomic mass is 16.7. The van der Waals surface area contributed by atoms with Gasteiger partial charge in [0.25, 0.3) is 0 Å². The fourth-order valence-corrected chi connectivity index (χ4v) is 12.9. The van der Waals surface area contributed by atoms with E-state index in [1.807, 2.05) is 30.3 Å². The van der Waals surface area contributed by atoms with E-state index in [0.29, 0.717) is 19.3 Å². The van der Waals surface area contributed by atoms with Gasteiger partial charge in [0.15, 0.2) is 55.5 Å². The van der Waals surface area contributed by atoms with Crippen LogP contribution in [0.1, 0.15) is 185 Å². The van der Waals surface area contributed by atoms with Crippen molar-refractivity contribution in [2.24, 2.45) is 0 Å². The third-order valence-corrected chi connectivity index (χ3v) is 18.1. The lowest BCUT2D eigenvalue weighted by molar-refractivity contribution is -0.277. The smallest absolute Gasteiger partial charge is 0.306 e. The molecule has 0 saturated carbocycles. The predicted octanol–water partition coefficient (Wildman–Crippen LogP) is 0.261. The van der Waals surface area contributed by atoms with Gasteiger partial charge < -0.3 is 118 Å². The van der Waals surface area contributed by atoms with Gasteiger partial charge in [0.1, 0.15) is 68.9 Å². The summed E-state index contributed by atoms with van der Waals surface area (Å²) in [5, 5.41) is 18.9. The average molecular weight is 1720 g/mol. The molecule has 15 unspecified atom stereocenters. The zero-order valence-electron chi connectivity index (χ0n) is 70.5. The number of carbonyl (C=O) groups excluding carboxylic acids is 18. The number of benzene rings is 1. The summed E-state index contributed by atoms with van der Waals surface area (Å²) in [7, 11) is 0. The number of nitrogens with one attached hydrogen (secondary N) is 7. The Morgan fingerprint density at radius 1 is 0.364 bits per heavy atom. The van der Waals surface area contributed by atoms with Gasteiger partial charge in [0.05, 0.1) is 0 Å². The zero-order valence-corrected chi connectivity index (χ0v) is 70.5. The molecule has 3 heterocycles. The summed E-state index contributed by atoms with van der Waals surface area (Å²) in [5.41, 5.74) is 0.816. The van der Waals surface area contributed by atoms with E-state index in [1.165, 1.54) is 25.7 Å². The van der Waals surface area contributed by atoms with Gasteiger partial charge in [-0.15, -0.1) is 0 Å². The molecule has 8 amide bonds. The van der Waals surface area contributed by atoms with Crippen LogP contribution < -0.4 is 37.2 Å². The number of ether oxygens (including phenoxy) is 16. The molecule has 3 aliphatic heterocycles. The molecule has 42 heteroatoms. The molecule has 121 heavy (non-hydrogen) atoms. The Kier molecular flexibility index (Phi) is 47.0. The molecule has 0 bridgehead atoms. The molecule has 4 rings (SSSR count). The quantitative estimate of drug-likeness (QED) is 0.0261. The lowest BCUT2D eigenvalue weighted by atomic mass is 9.96. The van der Waals surface area contributed by atoms with Gasteiger partial charge in [0, 0.05) is 168 Å². The minimum Gasteiger partial charge on any atom is -0.463 e. The van der Waals surface area contributed by atoms with E-state index < -0.39 is 225 Å². The van der Waals surface area contributed by atoms with Crippen LogP contribution in [0, 0.1) is 0 Å². The van der Waals surface area contributed by atoms with Crippen LogP contribution in [-0.4, -0.2) is 282 Å². The topological polar surface area (TPSA) is 542 Å². The van der Waals surface area contributed by atoms with Crippen LogP contribution in [0.4, 0.5) is 0 Å². The highest BCUT2D eigenvalue weighted by Gasteiger charge is 2.54. The molecule has 42 nitrogen and oxygen atoms in total. The number of hydrogen-bond donors (Lipinski definition) is 7. The Morgan fingerprint density at radius 3 is 1.06 bits per heavy atom. The number of hydrogen-bond acceptors (Lipinski definition) is 34. The Balaban J connectivity index is 1.52. The first-order valence-corrected chi connectivity index (χ1v) is 40.0. The van der Waals surface area contributed by atoms with Gasteiger partial charge in [0.2, 0.25) is 47.3 Å². The van der Waals surface area contributed by atoms with E-state index >= 15 is 0 Å². The molecule has 16 atom stereocenters. The summed E-state index contributed by atoms with van der Waals surface area (Å²) in [4.78, 5) is 230. The SMILES string of the molecule is CC(=O)NC1C(OCCCCC(=O)NCCN(CCNC(=O)CCCCOC2OC(COC(C)=O)C(OC(C)=O)C(OC(C)=O)C2NC(C)=O)C(=O)CC[C@H](NC(=O)CCCCOC2OC(COC(C)=O)C(OC(C)=O)C(OC(C)=O)C2NC(C)=O)C(=O)NCCCCCC(=O)OCc2ccccc2)OC(COC(C)=O)C(OC(C)=O)C1OC(C)=O. The first kappa shape index (κ1) is 103. The van der Waals surface area contributed by atoms with E-state index in [2.05, 4.69) is 37.2 Å². The number of esters is 10. The third-order valence-electron chi connectivity index (χ3n) is 18.1. The Morgan fingerprint density at radius 2 is 0.711 bits per heavy atom. The summed E-state index contributed by atoms with van der Waals surface area (Å²) < 4.78 is 90.1. The monoisotopic (exact) mass is 1720 g/mol. The summed E-state index contributed by atoms with van der Waals surface area (Å²) in [5.74, 6) is -12.0. The van der Waals surface area contributed by atoms with Crippen molar-refractivity contribution in [3.05, 3.63) is 35.9 Å². The van der Waals surface area contributed by atoms with Crippen LogP contribution in [-0.2, 0) is 169 Å². The van der Waals surface area contributed by atoms with Crippen molar-refractivity contribution in [1.82, 2.24) is 42.1 Å². The van der Waals surface area contributed by atoms with Crippen molar-refractivity contribution in [2.45, 2.75) is 284 Å². The molecule has 0 aromatic heterocycles. The number of rotatable bonds is 52. The van der Waals surface area contributed by atoms with E-state index in [-0.39, 0.29) is 136 Å². The molecule has 3 aliphatic rings. The maximum Gasteiger partial charge on any atom is 0.306 e. The highest BCUT2D eigenvalue weighted by molar-refractivity contribution is 5.88. The van der Waals surface area contributed by atoms with E-state index in [9.17, 15) is 86.3 Å². The van der Waals surface area contributed by atoms with E-state index in [0.717, 1.165) is 67.9 Å². The number of unbranched alkanes of at least 4 members (excludes halogenated alkanes) is 5. The molecule has 0 spiro atoms. The van der Waals surface area contributed by atoms with Crippen molar-refractivity contribution in [3.8, 4) is 0 Å². The van der Waals surface area contributed by atoms with Gasteiger partial charge in [-0.25, -0.2) is 0 Å². The molecule has 0 aliphatic carbocycles. The Bertz CT molecular complexity index is 3490. The molecular weight excluding hydrogens is 1600 g/mol. The van der Waals surface area contributed by atoms with Gasteiger partial charge in [-0.2, -0.15) is 0 Å². The van der Waals surface area contributed by atoms with Crippen molar-refractivity contribution < 1.29 is 162 Å². The summed E-state index contributed by atoms with van der Waals surface area (Å²) in [6.07, 6.45) is -14.6. The second-order valence-corrected chi connectivity index (χ2v) is 28.6. The number of amides is 8. The maximum absolute atomic E-state index is 14.5. The second-order valence-electron chi connectivity index (χ2n) is 28.6. The van der Waals surface area contributed by atoms with Crippen molar-refractivity contribution in [3.63, 3.8) is 0 Å². The standard InChI is InChI=1S/C79H118N8O34/c1-45(88)83-67-73(116-54(10)97)70(113-51(7)94)59(42-109-48(4)91)119-77(67)106-38-22-18-27-62(100)80-34-36-87(37-35-81-63(101)28-19-23-39-107-78-68(84-46(2)89)74(117-55(11)98)71(114-52(8)95)60(120-78)43-110-49(5)92)65(103)32-31-58(76(105)82-33-21-14-17-30-66(104)112-41-57-25-15-13-16-26-57)86-64(102)29-20-24-40-108-79-69(85-47(3)90)75(118-56(12)99)72(115-53(9)96)61(121-79)44-111-50(6)93/h13,15-16,25-26,58-61,67-75,77-79H,14,17-24,27-44H2,1-12H3,(H,80,100)(H,81,101)(H,82,105)(H,83,88)(H,84,89)(H,85,90)(H,86,102)/t58-,59?,60?,61?,67?,68?,69?,70?,71?,72?,73?,74?,75?,77?,78?,79?/m0/s1. The maximum atomic E-state index is 14.5. The van der Waals surface area contributed by atoms with E-state index in [1.54, 1.807) is 0 Å². The summed E-state index contributed by atoms with van der Waals surface area (Å²) in [6.45, 7) is 11.3. The molecule has 1 aromatic rings. The highest BCUT2D eigenvalue weighted by Crippen LogP contribution is 2.32. The van der Waals surface area contributed by atoms with Gasteiger partial charge in [-0.05, 0) is 63.4 Å². The number of nitrogens with zero attached hydrogens (tertiary/aromatic N) is 1. The van der Waals surface area contributed by atoms with Crippen LogP contribution in [0.5, 0.6) is 0 Å². The minimum atomic E-state index is -1.40. The normalized spacial score (nSPS) is 22.4. The molecule has 678 valence electrons. The molecule has 1 aromatic carbocycles. The fourth-order valence-electron chi connectivity index (χ4n) is 12.9. The summed E-state index contributed by atoms with van der Waals surface area (Å²) >= 11 is 0. The first-order chi connectivity index (χ1) is 57.4. The molecular formula is C79H118N8O34. The molecule has 0 radical (unpaired) electrons. The molecule has 3 saturated heterocycles. The van der Waals surface area contributed by atoms with Crippen LogP contribution in [0.2, 0.25) is 0 Å². The first-order valence-electron chi connectivity index (χ1n) is 40.0. The van der Waals surface area contributed by atoms with Crippen molar-refractivity contribution in [1.29, 1.82) is 0 Å². The van der Waals surface area contributed by atoms with Crippen molar-refractivity contribution in [2.75, 3.05) is 72.4 Å².